The fourth-order valence-electron chi connectivity index (χ4n) is 3.95. The highest BCUT2D eigenvalue weighted by Gasteiger charge is 2.43. The Morgan fingerprint density at radius 2 is 1.92 bits per heavy atom. The van der Waals surface area contributed by atoms with E-state index in [0.29, 0.717) is 17.7 Å². The van der Waals surface area contributed by atoms with Crippen molar-refractivity contribution in [2.45, 2.75) is 68.9 Å². The zero-order chi connectivity index (χ0) is 16.5. The maximum Gasteiger partial charge on any atom is 0.279 e. The maximum absolute atomic E-state index is 12.1. The van der Waals surface area contributed by atoms with Gasteiger partial charge in [0.1, 0.15) is 0 Å². The van der Waals surface area contributed by atoms with Crippen LogP contribution in [-0.2, 0) is 14.5 Å². The lowest BCUT2D eigenvalue weighted by Gasteiger charge is -2.27. The highest BCUT2D eigenvalue weighted by atomic mass is 16.7. The minimum Gasteiger partial charge on any atom is -0.378 e. The molecule has 0 radical (unpaired) electrons. The van der Waals surface area contributed by atoms with E-state index in [9.17, 15) is 9.90 Å². The van der Waals surface area contributed by atoms with Crippen LogP contribution in [0.1, 0.15) is 50.2 Å². The van der Waals surface area contributed by atoms with Gasteiger partial charge in [0, 0.05) is 6.04 Å². The first-order valence-electron chi connectivity index (χ1n) is 8.84. The molecule has 130 valence electrons. The predicted octanol–water partition coefficient (Wildman–Crippen LogP) is 1.86. The monoisotopic (exact) mass is 332 g/mol. The lowest BCUT2D eigenvalue weighted by Crippen LogP contribution is -2.39. The van der Waals surface area contributed by atoms with Crippen LogP contribution < -0.4 is 5.48 Å². The van der Waals surface area contributed by atoms with E-state index in [1.54, 1.807) is 12.1 Å². The third-order valence-corrected chi connectivity index (χ3v) is 5.30. The van der Waals surface area contributed by atoms with Crippen molar-refractivity contribution in [1.29, 1.82) is 0 Å². The fraction of sp³-hybridized carbons (Fsp3) is 0.611. The molecule has 4 bridgehead atoms. The summed E-state index contributed by atoms with van der Waals surface area (Å²) in [6, 6.07) is 9.82. The number of hydroxylamine groups is 3. The molecule has 1 amide bonds. The number of amides is 1. The summed E-state index contributed by atoms with van der Waals surface area (Å²) in [6.07, 6.45) is 6.39. The van der Waals surface area contributed by atoms with Crippen molar-refractivity contribution >= 4 is 5.91 Å². The zero-order valence-electron chi connectivity index (χ0n) is 13.6. The van der Waals surface area contributed by atoms with Crippen LogP contribution in [0.25, 0.3) is 0 Å². The molecule has 4 aliphatic rings. The number of aliphatic hydroxyl groups excluding tert-OH is 1. The molecule has 0 spiro atoms. The zero-order valence-corrected chi connectivity index (χ0v) is 13.6. The summed E-state index contributed by atoms with van der Waals surface area (Å²) >= 11 is 0. The molecule has 0 unspecified atom stereocenters. The van der Waals surface area contributed by atoms with Crippen LogP contribution in [-0.4, -0.2) is 40.4 Å². The Hall–Kier alpha value is -1.47. The Bertz CT molecular complexity index is 564. The third-order valence-electron chi connectivity index (χ3n) is 5.30. The normalized spacial score (nSPS) is 34.1. The summed E-state index contributed by atoms with van der Waals surface area (Å²) in [5.41, 5.74) is 3.57. The van der Waals surface area contributed by atoms with Gasteiger partial charge in [0.25, 0.3) is 5.91 Å². The number of carbonyl (C=O) groups excluding carboxylic acids is 1. The molecule has 2 heterocycles. The lowest BCUT2D eigenvalue weighted by atomic mass is 10.1. The van der Waals surface area contributed by atoms with Gasteiger partial charge in [-0.3, -0.25) is 14.5 Å². The third kappa shape index (κ3) is 3.19. The Morgan fingerprint density at radius 3 is 2.38 bits per heavy atom. The first kappa shape index (κ1) is 16.0. The van der Waals surface area contributed by atoms with Gasteiger partial charge in [0.2, 0.25) is 0 Å². The van der Waals surface area contributed by atoms with E-state index < -0.39 is 6.10 Å². The molecule has 1 aromatic rings. The molecule has 4 fully saturated rings. The Balaban J connectivity index is 0.000000172. The van der Waals surface area contributed by atoms with Crippen molar-refractivity contribution in [3.05, 3.63) is 35.9 Å². The SMILES string of the molecule is C1C[C@@H]2C[C@H]1NO2.O=C([C@H](O)c1ccccc1)N1O[C@@H]2CC[C@H]1C2. The molecule has 2 aliphatic heterocycles. The fourth-order valence-corrected chi connectivity index (χ4v) is 3.95. The predicted molar refractivity (Wildman–Crippen MR) is 86.4 cm³/mol. The molecule has 5 atom stereocenters. The van der Waals surface area contributed by atoms with E-state index in [0.717, 1.165) is 19.3 Å². The summed E-state index contributed by atoms with van der Waals surface area (Å²) in [5, 5.41) is 11.4. The van der Waals surface area contributed by atoms with Crippen molar-refractivity contribution in [3.63, 3.8) is 0 Å². The number of hydrogen-bond donors (Lipinski definition) is 2. The minimum atomic E-state index is -1.12. The first-order chi connectivity index (χ1) is 11.7. The van der Waals surface area contributed by atoms with Gasteiger partial charge < -0.3 is 5.11 Å². The molecule has 5 rings (SSSR count). The second-order valence-electron chi connectivity index (χ2n) is 7.04. The van der Waals surface area contributed by atoms with Gasteiger partial charge in [-0.15, -0.1) is 0 Å². The van der Waals surface area contributed by atoms with Crippen LogP contribution in [0.5, 0.6) is 0 Å². The van der Waals surface area contributed by atoms with Gasteiger partial charge in [0.05, 0.1) is 18.2 Å². The van der Waals surface area contributed by atoms with E-state index in [4.69, 9.17) is 9.68 Å². The molecule has 2 aliphatic carbocycles. The van der Waals surface area contributed by atoms with E-state index >= 15 is 0 Å². The second kappa shape index (κ2) is 6.80. The molecular formula is C18H24N2O4. The molecule has 0 aromatic heterocycles. The first-order valence-corrected chi connectivity index (χ1v) is 8.84. The van der Waals surface area contributed by atoms with Gasteiger partial charge in [-0.05, 0) is 44.1 Å². The molecule has 6 heteroatoms. The number of aliphatic hydroxyl groups is 1. The standard InChI is InChI=1S/C13H15NO3.C5H9NO/c15-12(9-4-2-1-3-5-9)13(16)14-10-6-7-11(8-10)17-14;1-2-5-3-4(1)6-7-5/h1-5,10-12,15H,6-8H2;4-6H,1-3H2/t10-,11+,12+;4-,5+/m00/s1. The summed E-state index contributed by atoms with van der Waals surface area (Å²) < 4.78 is 0. The van der Waals surface area contributed by atoms with Crippen molar-refractivity contribution < 1.29 is 19.6 Å². The lowest BCUT2D eigenvalue weighted by molar-refractivity contribution is -0.207. The maximum atomic E-state index is 12.1. The number of rotatable bonds is 2. The summed E-state index contributed by atoms with van der Waals surface area (Å²) in [6.45, 7) is 0. The van der Waals surface area contributed by atoms with Crippen LogP contribution in [0, 0.1) is 0 Å². The van der Waals surface area contributed by atoms with E-state index in [1.807, 2.05) is 18.2 Å². The van der Waals surface area contributed by atoms with Crippen molar-refractivity contribution in [3.8, 4) is 0 Å². The number of hydrogen-bond acceptors (Lipinski definition) is 5. The van der Waals surface area contributed by atoms with Crippen molar-refractivity contribution in [2.24, 2.45) is 0 Å². The van der Waals surface area contributed by atoms with Crippen LogP contribution in [0.2, 0.25) is 0 Å². The van der Waals surface area contributed by atoms with Crippen LogP contribution in [0.15, 0.2) is 30.3 Å². The summed E-state index contributed by atoms with van der Waals surface area (Å²) in [5.74, 6) is -0.344. The highest BCUT2D eigenvalue weighted by molar-refractivity contribution is 5.81. The van der Waals surface area contributed by atoms with Crippen molar-refractivity contribution in [1.82, 2.24) is 10.5 Å². The number of fused-ring (bicyclic) bond motifs is 4. The minimum absolute atomic E-state index is 0.158. The number of benzene rings is 1. The van der Waals surface area contributed by atoms with Gasteiger partial charge in [-0.1, -0.05) is 30.3 Å². The topological polar surface area (TPSA) is 71.0 Å². The Labute approximate surface area is 141 Å². The number of nitrogens with zero attached hydrogens (tertiary/aromatic N) is 1. The highest BCUT2D eigenvalue weighted by Crippen LogP contribution is 2.36. The molecule has 6 nitrogen and oxygen atoms in total. The average molecular weight is 332 g/mol. The number of carbonyl (C=O) groups is 1. The van der Waals surface area contributed by atoms with Crippen molar-refractivity contribution in [2.75, 3.05) is 0 Å². The van der Waals surface area contributed by atoms with Crippen LogP contribution in [0.4, 0.5) is 0 Å². The van der Waals surface area contributed by atoms with Gasteiger partial charge in [0.15, 0.2) is 6.10 Å². The van der Waals surface area contributed by atoms with Crippen LogP contribution in [0.3, 0.4) is 0 Å². The van der Waals surface area contributed by atoms with Crippen LogP contribution >= 0.6 is 0 Å². The molecule has 2 saturated carbocycles. The smallest absolute Gasteiger partial charge is 0.279 e. The Morgan fingerprint density at radius 1 is 1.12 bits per heavy atom. The second-order valence-corrected chi connectivity index (χ2v) is 7.04. The van der Waals surface area contributed by atoms with Gasteiger partial charge in [-0.25, -0.2) is 5.06 Å². The van der Waals surface area contributed by atoms with E-state index in [2.05, 4.69) is 5.48 Å². The Kier molecular flexibility index (Phi) is 4.54. The summed E-state index contributed by atoms with van der Waals surface area (Å²) in [4.78, 5) is 22.7. The van der Waals surface area contributed by atoms with E-state index in [-0.39, 0.29) is 18.1 Å². The largest absolute Gasteiger partial charge is 0.378 e. The molecule has 2 saturated heterocycles. The molecule has 1 aromatic carbocycles. The quantitative estimate of drug-likeness (QED) is 0.865. The summed E-state index contributed by atoms with van der Waals surface area (Å²) in [7, 11) is 0. The average Bonchev–Trinajstić information content (AvgIpc) is 3.43. The molecule has 24 heavy (non-hydrogen) atoms. The van der Waals surface area contributed by atoms with Gasteiger partial charge >= 0.3 is 0 Å². The molecule has 2 N–H and O–H groups in total. The molecular weight excluding hydrogens is 308 g/mol. The number of nitrogens with one attached hydrogen (secondary N) is 1. The van der Waals surface area contributed by atoms with Gasteiger partial charge in [-0.2, -0.15) is 5.48 Å². The van der Waals surface area contributed by atoms with E-state index in [1.165, 1.54) is 24.3 Å².